The van der Waals surface area contributed by atoms with Gasteiger partial charge in [-0.2, -0.15) is 0 Å². The van der Waals surface area contributed by atoms with Gasteiger partial charge >= 0.3 is 0 Å². The Morgan fingerprint density at radius 2 is 2.35 bits per heavy atom. The number of thiazole rings is 1. The molecule has 1 aliphatic carbocycles. The van der Waals surface area contributed by atoms with Crippen LogP contribution in [0.1, 0.15) is 30.0 Å². The number of piperidine rings is 1. The normalized spacial score (nSPS) is 26.1. The molecule has 1 atom stereocenters. The fourth-order valence-corrected chi connectivity index (χ4v) is 3.68. The van der Waals surface area contributed by atoms with Crippen molar-refractivity contribution in [2.45, 2.75) is 32.6 Å². The van der Waals surface area contributed by atoms with Gasteiger partial charge in [0.1, 0.15) is 5.78 Å². The number of carbonyl (C=O) groups is 1. The number of aromatic nitrogens is 1. The highest BCUT2D eigenvalue weighted by Crippen LogP contribution is 2.59. The van der Waals surface area contributed by atoms with Crippen LogP contribution in [0.5, 0.6) is 0 Å². The number of carbonyl (C=O) groups excluding carboxylic acids is 1. The van der Waals surface area contributed by atoms with E-state index in [1.807, 2.05) is 12.3 Å². The number of rotatable bonds is 3. The van der Waals surface area contributed by atoms with Crippen LogP contribution in [0.3, 0.4) is 0 Å². The molecular weight excluding hydrogens is 232 g/mol. The van der Waals surface area contributed by atoms with E-state index >= 15 is 0 Å². The molecule has 1 aromatic rings. The molecule has 3 rings (SSSR count). The van der Waals surface area contributed by atoms with Crippen LogP contribution >= 0.6 is 11.3 Å². The molecule has 1 N–H and O–H groups in total. The Kier molecular flexibility index (Phi) is 2.79. The smallest absolute Gasteiger partial charge is 0.142 e. The molecule has 4 heteroatoms. The lowest BCUT2D eigenvalue weighted by molar-refractivity contribution is -0.120. The molecule has 92 valence electrons. The number of nitrogens with one attached hydrogen (secondary N) is 1. The summed E-state index contributed by atoms with van der Waals surface area (Å²) in [6, 6.07) is 0. The van der Waals surface area contributed by atoms with Gasteiger partial charge in [0.15, 0.2) is 0 Å². The third kappa shape index (κ3) is 2.16. The van der Waals surface area contributed by atoms with Crippen LogP contribution in [0.2, 0.25) is 0 Å². The van der Waals surface area contributed by atoms with E-state index in [0.29, 0.717) is 23.5 Å². The topological polar surface area (TPSA) is 42.0 Å². The zero-order valence-corrected chi connectivity index (χ0v) is 11.0. The summed E-state index contributed by atoms with van der Waals surface area (Å²) in [5, 5.41) is 6.45. The highest BCUT2D eigenvalue weighted by Gasteiger charge is 2.56. The second kappa shape index (κ2) is 4.18. The van der Waals surface area contributed by atoms with Crippen LogP contribution in [0.15, 0.2) is 5.38 Å². The fourth-order valence-electron chi connectivity index (χ4n) is 3.07. The molecule has 0 aromatic carbocycles. The Hall–Kier alpha value is -0.740. The SMILES string of the molecule is Cc1nc(CC(=O)C2CC23CCNCC3)cs1. The fraction of sp³-hybridized carbons (Fsp3) is 0.692. The minimum Gasteiger partial charge on any atom is -0.317 e. The number of hydrogen-bond donors (Lipinski definition) is 1. The van der Waals surface area contributed by atoms with Gasteiger partial charge in [0.25, 0.3) is 0 Å². The summed E-state index contributed by atoms with van der Waals surface area (Å²) < 4.78 is 0. The lowest BCUT2D eigenvalue weighted by Gasteiger charge is -2.23. The molecule has 1 saturated heterocycles. The molecule has 1 unspecified atom stereocenters. The maximum Gasteiger partial charge on any atom is 0.142 e. The van der Waals surface area contributed by atoms with Crippen LogP contribution in [-0.4, -0.2) is 23.9 Å². The lowest BCUT2D eigenvalue weighted by Crippen LogP contribution is -2.31. The molecule has 1 spiro atoms. The predicted octanol–water partition coefficient (Wildman–Crippen LogP) is 1.95. The van der Waals surface area contributed by atoms with E-state index in [1.165, 1.54) is 12.8 Å². The molecule has 2 fully saturated rings. The van der Waals surface area contributed by atoms with Crippen molar-refractivity contribution in [1.82, 2.24) is 10.3 Å². The van der Waals surface area contributed by atoms with Gasteiger partial charge in [-0.3, -0.25) is 4.79 Å². The predicted molar refractivity (Wildman–Crippen MR) is 68.2 cm³/mol. The van der Waals surface area contributed by atoms with Gasteiger partial charge in [-0.15, -0.1) is 11.3 Å². The van der Waals surface area contributed by atoms with Gasteiger partial charge in [0.2, 0.25) is 0 Å². The third-order valence-corrected chi connectivity index (χ3v) is 5.02. The molecular formula is C13H18N2OS. The Labute approximate surface area is 106 Å². The molecule has 2 aliphatic rings. The molecule has 1 saturated carbocycles. The summed E-state index contributed by atoms with van der Waals surface area (Å²) in [6.07, 6.45) is 4.03. The van der Waals surface area contributed by atoms with E-state index in [0.717, 1.165) is 30.2 Å². The molecule has 0 amide bonds. The van der Waals surface area contributed by atoms with Crippen molar-refractivity contribution in [3.05, 3.63) is 16.1 Å². The van der Waals surface area contributed by atoms with E-state index in [2.05, 4.69) is 10.3 Å². The zero-order chi connectivity index (χ0) is 11.9. The monoisotopic (exact) mass is 250 g/mol. The molecule has 3 nitrogen and oxygen atoms in total. The number of aryl methyl sites for hydroxylation is 1. The quantitative estimate of drug-likeness (QED) is 0.891. The van der Waals surface area contributed by atoms with Crippen molar-refractivity contribution < 1.29 is 4.79 Å². The van der Waals surface area contributed by atoms with Gasteiger partial charge in [-0.1, -0.05) is 0 Å². The summed E-state index contributed by atoms with van der Waals surface area (Å²) in [4.78, 5) is 16.6. The number of ketones is 1. The average Bonchev–Trinajstić information content (AvgIpc) is 2.85. The molecule has 0 bridgehead atoms. The van der Waals surface area contributed by atoms with Gasteiger partial charge in [-0.25, -0.2) is 4.98 Å². The van der Waals surface area contributed by atoms with E-state index in [-0.39, 0.29) is 0 Å². The number of nitrogens with zero attached hydrogens (tertiary/aromatic N) is 1. The first-order valence-electron chi connectivity index (χ1n) is 6.34. The van der Waals surface area contributed by atoms with Crippen molar-refractivity contribution in [3.63, 3.8) is 0 Å². The lowest BCUT2D eigenvalue weighted by atomic mass is 9.90. The Morgan fingerprint density at radius 1 is 1.59 bits per heavy atom. The first kappa shape index (κ1) is 11.4. The first-order valence-corrected chi connectivity index (χ1v) is 7.22. The van der Waals surface area contributed by atoms with Crippen molar-refractivity contribution in [1.29, 1.82) is 0 Å². The van der Waals surface area contributed by atoms with Crippen molar-refractivity contribution in [2.24, 2.45) is 11.3 Å². The van der Waals surface area contributed by atoms with E-state index in [1.54, 1.807) is 11.3 Å². The molecule has 1 aliphatic heterocycles. The Bertz CT molecular complexity index is 434. The Morgan fingerprint density at radius 3 is 3.00 bits per heavy atom. The van der Waals surface area contributed by atoms with Crippen molar-refractivity contribution in [3.8, 4) is 0 Å². The summed E-state index contributed by atoms with van der Waals surface area (Å²) in [5.74, 6) is 0.740. The summed E-state index contributed by atoms with van der Waals surface area (Å²) >= 11 is 1.63. The molecule has 0 radical (unpaired) electrons. The van der Waals surface area contributed by atoms with Gasteiger partial charge in [0.05, 0.1) is 10.7 Å². The largest absolute Gasteiger partial charge is 0.317 e. The molecule has 2 heterocycles. The highest BCUT2D eigenvalue weighted by molar-refractivity contribution is 7.09. The van der Waals surface area contributed by atoms with Gasteiger partial charge in [-0.05, 0) is 44.7 Å². The zero-order valence-electron chi connectivity index (χ0n) is 10.2. The van der Waals surface area contributed by atoms with Crippen LogP contribution in [0, 0.1) is 18.3 Å². The number of hydrogen-bond acceptors (Lipinski definition) is 4. The van der Waals surface area contributed by atoms with E-state index < -0.39 is 0 Å². The minimum absolute atomic E-state index is 0.326. The maximum absolute atomic E-state index is 12.2. The van der Waals surface area contributed by atoms with Crippen LogP contribution in [0.4, 0.5) is 0 Å². The van der Waals surface area contributed by atoms with Crippen molar-refractivity contribution >= 4 is 17.1 Å². The van der Waals surface area contributed by atoms with Crippen molar-refractivity contribution in [2.75, 3.05) is 13.1 Å². The standard InChI is InChI=1S/C13H18N2OS/c1-9-15-10(8-17-9)6-12(16)11-7-13(11)2-4-14-5-3-13/h8,11,14H,2-7H2,1H3. The average molecular weight is 250 g/mol. The molecule has 1 aromatic heterocycles. The summed E-state index contributed by atoms with van der Waals surface area (Å²) in [7, 11) is 0. The number of Topliss-reactive ketones (excluding diaryl/α,β-unsaturated/α-hetero) is 1. The first-order chi connectivity index (χ1) is 8.20. The summed E-state index contributed by atoms with van der Waals surface area (Å²) in [5.41, 5.74) is 1.33. The van der Waals surface area contributed by atoms with Crippen LogP contribution < -0.4 is 5.32 Å². The third-order valence-electron chi connectivity index (χ3n) is 4.20. The maximum atomic E-state index is 12.2. The van der Waals surface area contributed by atoms with Crippen LogP contribution in [-0.2, 0) is 11.2 Å². The van der Waals surface area contributed by atoms with Gasteiger partial charge < -0.3 is 5.32 Å². The highest BCUT2D eigenvalue weighted by atomic mass is 32.1. The Balaban J connectivity index is 1.61. The van der Waals surface area contributed by atoms with Gasteiger partial charge in [0, 0.05) is 17.7 Å². The van der Waals surface area contributed by atoms with E-state index in [4.69, 9.17) is 0 Å². The second-order valence-corrected chi connectivity index (χ2v) is 6.43. The minimum atomic E-state index is 0.326. The summed E-state index contributed by atoms with van der Waals surface area (Å²) in [6.45, 7) is 4.16. The van der Waals surface area contributed by atoms with Crippen LogP contribution in [0.25, 0.3) is 0 Å². The molecule has 17 heavy (non-hydrogen) atoms. The second-order valence-electron chi connectivity index (χ2n) is 5.37. The van der Waals surface area contributed by atoms with E-state index in [9.17, 15) is 4.79 Å².